The van der Waals surface area contributed by atoms with Crippen LogP contribution in [0.4, 0.5) is 4.79 Å². The number of carboxylic acids is 1. The first-order valence-electron chi connectivity index (χ1n) is 11.5. The molecule has 1 aliphatic carbocycles. The van der Waals surface area contributed by atoms with Crippen LogP contribution in [0.1, 0.15) is 22.6 Å². The Balaban J connectivity index is 1.31. The van der Waals surface area contributed by atoms with Crippen LogP contribution in [0.15, 0.2) is 84.9 Å². The molecule has 0 aliphatic heterocycles. The van der Waals surface area contributed by atoms with Crippen molar-refractivity contribution in [2.45, 2.75) is 18.4 Å². The van der Waals surface area contributed by atoms with Gasteiger partial charge in [-0.3, -0.25) is 0 Å². The minimum atomic E-state index is -1.14. The number of amides is 1. The molecule has 4 aromatic rings. The Kier molecular flexibility index (Phi) is 6.10. The van der Waals surface area contributed by atoms with E-state index in [1.165, 1.54) is 0 Å². The molecule has 1 amide bonds. The number of nitrogens with one attached hydrogen (secondary N) is 1. The third kappa shape index (κ3) is 4.30. The van der Waals surface area contributed by atoms with Gasteiger partial charge in [0.1, 0.15) is 18.4 Å². The van der Waals surface area contributed by atoms with E-state index < -0.39 is 18.1 Å². The minimum Gasteiger partial charge on any atom is -0.496 e. The van der Waals surface area contributed by atoms with Crippen LogP contribution >= 0.6 is 0 Å². The van der Waals surface area contributed by atoms with Gasteiger partial charge in [0.15, 0.2) is 0 Å². The van der Waals surface area contributed by atoms with E-state index in [2.05, 4.69) is 17.4 Å². The molecule has 6 nitrogen and oxygen atoms in total. The van der Waals surface area contributed by atoms with E-state index in [9.17, 15) is 14.7 Å². The fraction of sp³-hybridized carbons (Fsp3) is 0.172. The van der Waals surface area contributed by atoms with Crippen molar-refractivity contribution in [2.75, 3.05) is 13.7 Å². The van der Waals surface area contributed by atoms with E-state index in [1.54, 1.807) is 7.11 Å². The molecule has 176 valence electrons. The number of carboxylic acid groups (broad SMARTS) is 1. The van der Waals surface area contributed by atoms with Gasteiger partial charge in [-0.25, -0.2) is 9.59 Å². The highest BCUT2D eigenvalue weighted by atomic mass is 16.5. The number of hydrogen-bond acceptors (Lipinski definition) is 4. The van der Waals surface area contributed by atoms with E-state index >= 15 is 0 Å². The number of methoxy groups -OCH3 is 1. The average molecular weight is 468 g/mol. The highest BCUT2D eigenvalue weighted by molar-refractivity contribution is 5.92. The maximum absolute atomic E-state index is 12.7. The van der Waals surface area contributed by atoms with E-state index in [4.69, 9.17) is 9.47 Å². The zero-order valence-corrected chi connectivity index (χ0v) is 19.2. The molecular weight excluding hydrogens is 442 g/mol. The van der Waals surface area contributed by atoms with E-state index in [-0.39, 0.29) is 18.9 Å². The minimum absolute atomic E-state index is 0.0954. The van der Waals surface area contributed by atoms with Crippen LogP contribution in [0.2, 0.25) is 0 Å². The number of alkyl carbamates (subject to hydrolysis) is 1. The number of carbonyl (C=O) groups excluding carboxylic acids is 1. The Morgan fingerprint density at radius 2 is 1.46 bits per heavy atom. The maximum Gasteiger partial charge on any atom is 0.407 e. The van der Waals surface area contributed by atoms with E-state index in [0.717, 1.165) is 38.6 Å². The van der Waals surface area contributed by atoms with Crippen LogP contribution in [-0.2, 0) is 16.0 Å². The van der Waals surface area contributed by atoms with Crippen molar-refractivity contribution in [3.8, 4) is 16.9 Å². The summed E-state index contributed by atoms with van der Waals surface area (Å²) in [5.74, 6) is -0.513. The Labute approximate surface area is 203 Å². The van der Waals surface area contributed by atoms with Crippen molar-refractivity contribution in [1.82, 2.24) is 5.32 Å². The predicted molar refractivity (Wildman–Crippen MR) is 134 cm³/mol. The SMILES string of the molecule is COc1ccc(C[C@@H](NC(=O)OCC2c3ccccc3-c3ccccc32)C(=O)O)c2ccccc12. The average Bonchev–Trinajstić information content (AvgIpc) is 3.21. The molecule has 0 heterocycles. The van der Waals surface area contributed by atoms with Gasteiger partial charge in [-0.2, -0.15) is 0 Å². The molecule has 35 heavy (non-hydrogen) atoms. The summed E-state index contributed by atoms with van der Waals surface area (Å²) in [5.41, 5.74) is 5.26. The summed E-state index contributed by atoms with van der Waals surface area (Å²) >= 11 is 0. The van der Waals surface area contributed by atoms with Gasteiger partial charge in [-0.15, -0.1) is 0 Å². The van der Waals surface area contributed by atoms with Crippen LogP contribution in [-0.4, -0.2) is 36.9 Å². The van der Waals surface area contributed by atoms with Crippen molar-refractivity contribution >= 4 is 22.8 Å². The van der Waals surface area contributed by atoms with Gasteiger partial charge >= 0.3 is 12.1 Å². The Morgan fingerprint density at radius 1 is 0.857 bits per heavy atom. The topological polar surface area (TPSA) is 84.9 Å². The third-order valence-electron chi connectivity index (χ3n) is 6.55. The number of carbonyl (C=O) groups is 2. The molecule has 5 rings (SSSR count). The predicted octanol–water partition coefficient (Wildman–Crippen LogP) is 5.38. The lowest BCUT2D eigenvalue weighted by Gasteiger charge is -2.18. The zero-order valence-electron chi connectivity index (χ0n) is 19.2. The zero-order chi connectivity index (χ0) is 24.4. The summed E-state index contributed by atoms with van der Waals surface area (Å²) in [6, 6.07) is 26.3. The van der Waals surface area contributed by atoms with Gasteiger partial charge in [0.05, 0.1) is 7.11 Å². The molecule has 6 heteroatoms. The summed E-state index contributed by atoms with van der Waals surface area (Å²) in [7, 11) is 1.60. The monoisotopic (exact) mass is 467 g/mol. The molecule has 0 unspecified atom stereocenters. The van der Waals surface area contributed by atoms with Crippen LogP contribution in [0.5, 0.6) is 5.75 Å². The van der Waals surface area contributed by atoms with Gasteiger partial charge in [-0.05, 0) is 39.3 Å². The van der Waals surface area contributed by atoms with Crippen molar-refractivity contribution in [3.63, 3.8) is 0 Å². The van der Waals surface area contributed by atoms with Gasteiger partial charge < -0.3 is 19.9 Å². The second-order valence-corrected chi connectivity index (χ2v) is 8.54. The van der Waals surface area contributed by atoms with E-state index in [0.29, 0.717) is 5.75 Å². The molecule has 0 aromatic heterocycles. The summed E-state index contributed by atoms with van der Waals surface area (Å²) in [6.45, 7) is 0.123. The smallest absolute Gasteiger partial charge is 0.407 e. The molecule has 0 saturated carbocycles. The lowest BCUT2D eigenvalue weighted by molar-refractivity contribution is -0.139. The van der Waals surface area contributed by atoms with Crippen LogP contribution in [0.25, 0.3) is 21.9 Å². The lowest BCUT2D eigenvalue weighted by Crippen LogP contribution is -2.43. The first-order valence-corrected chi connectivity index (χ1v) is 11.5. The fourth-order valence-electron chi connectivity index (χ4n) is 4.89. The molecule has 0 saturated heterocycles. The Morgan fingerprint density at radius 3 is 2.09 bits per heavy atom. The first-order chi connectivity index (χ1) is 17.1. The molecule has 1 atom stereocenters. The number of benzene rings is 4. The Bertz CT molecular complexity index is 1370. The van der Waals surface area contributed by atoms with Gasteiger partial charge in [0, 0.05) is 17.7 Å². The second-order valence-electron chi connectivity index (χ2n) is 8.54. The van der Waals surface area contributed by atoms with Gasteiger partial charge in [-0.1, -0.05) is 78.9 Å². The number of aliphatic carboxylic acids is 1. The quantitative estimate of drug-likeness (QED) is 0.381. The summed E-state index contributed by atoms with van der Waals surface area (Å²) in [5, 5.41) is 14.1. The van der Waals surface area contributed by atoms with Crippen molar-refractivity contribution in [3.05, 3.63) is 102 Å². The highest BCUT2D eigenvalue weighted by Crippen LogP contribution is 2.44. The molecule has 0 spiro atoms. The maximum atomic E-state index is 12.7. The number of hydrogen-bond donors (Lipinski definition) is 2. The molecule has 1 aliphatic rings. The Hall–Kier alpha value is -4.32. The molecule has 4 aromatic carbocycles. The second kappa shape index (κ2) is 9.50. The van der Waals surface area contributed by atoms with Crippen LogP contribution in [0.3, 0.4) is 0 Å². The fourth-order valence-corrected chi connectivity index (χ4v) is 4.89. The summed E-state index contributed by atoms with van der Waals surface area (Å²) in [4.78, 5) is 24.7. The largest absolute Gasteiger partial charge is 0.496 e. The summed E-state index contributed by atoms with van der Waals surface area (Å²) < 4.78 is 11.0. The van der Waals surface area contributed by atoms with Crippen LogP contribution in [0, 0.1) is 0 Å². The summed E-state index contributed by atoms with van der Waals surface area (Å²) in [6.07, 6.45) is -0.638. The highest BCUT2D eigenvalue weighted by Gasteiger charge is 2.30. The van der Waals surface area contributed by atoms with E-state index in [1.807, 2.05) is 72.8 Å². The van der Waals surface area contributed by atoms with Crippen molar-refractivity contribution < 1.29 is 24.2 Å². The van der Waals surface area contributed by atoms with Crippen molar-refractivity contribution in [1.29, 1.82) is 0 Å². The van der Waals surface area contributed by atoms with Crippen molar-refractivity contribution in [2.24, 2.45) is 0 Å². The molecule has 0 fully saturated rings. The van der Waals surface area contributed by atoms with Gasteiger partial charge in [0.25, 0.3) is 0 Å². The molecule has 2 N–H and O–H groups in total. The lowest BCUT2D eigenvalue weighted by atomic mass is 9.98. The standard InChI is InChI=1S/C29H25NO5/c1-34-27-15-14-18(19-8-2-7-13-24(19)27)16-26(28(31)32)30-29(33)35-17-25-22-11-5-3-9-20(22)21-10-4-6-12-23(21)25/h2-15,25-26H,16-17H2,1H3,(H,30,33)(H,31,32)/t26-/m1/s1. The number of ether oxygens (including phenoxy) is 2. The van der Waals surface area contributed by atoms with Crippen LogP contribution < -0.4 is 10.1 Å². The first kappa shape index (κ1) is 22.5. The van der Waals surface area contributed by atoms with Gasteiger partial charge in [0.2, 0.25) is 0 Å². The number of fused-ring (bicyclic) bond motifs is 4. The molecule has 0 radical (unpaired) electrons. The normalized spacial score (nSPS) is 13.1. The number of rotatable bonds is 7. The molecular formula is C29H25NO5. The third-order valence-corrected chi connectivity index (χ3v) is 6.55. The molecule has 0 bridgehead atoms.